The van der Waals surface area contributed by atoms with E-state index in [-0.39, 0.29) is 0 Å². The number of aromatic nitrogens is 2. The lowest BCUT2D eigenvalue weighted by Gasteiger charge is -2.26. The zero-order valence-electron chi connectivity index (χ0n) is 35.7. The molecule has 0 spiro atoms. The van der Waals surface area contributed by atoms with Crippen LogP contribution in [0.5, 0.6) is 0 Å². The number of nitrogens with zero attached hydrogens (tertiary/aromatic N) is 4. The molecule has 0 bridgehead atoms. The highest BCUT2D eigenvalue weighted by Crippen LogP contribution is 2.53. The molecule has 0 unspecified atom stereocenters. The number of benzene rings is 11. The van der Waals surface area contributed by atoms with Gasteiger partial charge in [-0.25, -0.2) is 0 Å². The van der Waals surface area contributed by atoms with Crippen LogP contribution in [0.15, 0.2) is 231 Å². The van der Waals surface area contributed by atoms with Gasteiger partial charge in [-0.3, -0.25) is 0 Å². The van der Waals surface area contributed by atoms with E-state index in [1.54, 1.807) is 0 Å². The van der Waals surface area contributed by atoms with Gasteiger partial charge < -0.3 is 18.6 Å². The zero-order chi connectivity index (χ0) is 43.0. The number of hydrogen-bond acceptors (Lipinski definition) is 2. The van der Waals surface area contributed by atoms with Crippen molar-refractivity contribution in [2.45, 2.75) is 0 Å². The minimum atomic E-state index is 1.12. The number of fused-ring (bicyclic) bond motifs is 17. The maximum atomic E-state index is 2.60. The lowest BCUT2D eigenvalue weighted by molar-refractivity contribution is 1.27. The fourth-order valence-corrected chi connectivity index (χ4v) is 11.7. The Morgan fingerprint density at radius 1 is 0.242 bits per heavy atom. The van der Waals surface area contributed by atoms with E-state index >= 15 is 0 Å². The Labute approximate surface area is 379 Å². The third-order valence-corrected chi connectivity index (χ3v) is 14.2. The van der Waals surface area contributed by atoms with E-state index in [4.69, 9.17) is 0 Å². The molecule has 0 aliphatic carbocycles. The third kappa shape index (κ3) is 4.66. The summed E-state index contributed by atoms with van der Waals surface area (Å²) in [5.74, 6) is 0. The summed E-state index contributed by atoms with van der Waals surface area (Å²) < 4.78 is 5.20. The zero-order valence-corrected chi connectivity index (χ0v) is 35.7. The molecule has 306 valence electrons. The lowest BCUT2D eigenvalue weighted by atomic mass is 9.95. The quantitative estimate of drug-likeness (QED) is 0.166. The maximum absolute atomic E-state index is 2.60. The first-order valence-electron chi connectivity index (χ1n) is 22.8. The van der Waals surface area contributed by atoms with Gasteiger partial charge in [0.25, 0.3) is 0 Å². The van der Waals surface area contributed by atoms with E-state index in [1.807, 2.05) is 0 Å². The van der Waals surface area contributed by atoms with Crippen molar-refractivity contribution in [3.8, 4) is 0 Å². The van der Waals surface area contributed by atoms with Crippen LogP contribution in [-0.4, -0.2) is 8.80 Å². The van der Waals surface area contributed by atoms with Gasteiger partial charge in [0.05, 0.1) is 44.5 Å². The summed E-state index contributed by atoms with van der Waals surface area (Å²) in [4.78, 5) is 4.85. The molecule has 11 aromatic carbocycles. The van der Waals surface area contributed by atoms with Crippen molar-refractivity contribution < 1.29 is 0 Å². The Morgan fingerprint density at radius 3 is 0.955 bits per heavy atom. The summed E-state index contributed by atoms with van der Waals surface area (Å²) in [5.41, 5.74) is 14.1. The molecule has 4 nitrogen and oxygen atoms in total. The summed E-state index contributed by atoms with van der Waals surface area (Å²) in [7, 11) is 0. The van der Waals surface area contributed by atoms with Crippen molar-refractivity contribution in [3.63, 3.8) is 0 Å². The highest BCUT2D eigenvalue weighted by Gasteiger charge is 2.30. The summed E-state index contributed by atoms with van der Waals surface area (Å²) >= 11 is 0. The molecular formula is C62H38N4. The third-order valence-electron chi connectivity index (χ3n) is 14.2. The predicted molar refractivity (Wildman–Crippen MR) is 280 cm³/mol. The molecule has 0 saturated heterocycles. The van der Waals surface area contributed by atoms with Gasteiger partial charge in [-0.05, 0) is 106 Å². The minimum absolute atomic E-state index is 1.12. The van der Waals surface area contributed by atoms with Crippen LogP contribution in [0.3, 0.4) is 0 Å². The van der Waals surface area contributed by atoms with Crippen molar-refractivity contribution in [2.24, 2.45) is 0 Å². The molecule has 4 heterocycles. The van der Waals surface area contributed by atoms with Crippen LogP contribution in [0.2, 0.25) is 0 Å². The molecule has 15 rings (SSSR count). The van der Waals surface area contributed by atoms with Gasteiger partial charge in [0.15, 0.2) is 0 Å². The van der Waals surface area contributed by atoms with E-state index in [0.717, 1.165) is 34.1 Å². The molecular weight excluding hydrogens is 801 g/mol. The molecule has 4 aromatic heterocycles. The smallest absolute Gasteiger partial charge is 0.0782 e. The fourth-order valence-electron chi connectivity index (χ4n) is 11.7. The molecule has 0 amide bonds. The Bertz CT molecular complexity index is 4020. The second-order valence-corrected chi connectivity index (χ2v) is 17.6. The maximum Gasteiger partial charge on any atom is 0.0782 e. The van der Waals surface area contributed by atoms with Crippen molar-refractivity contribution in [3.05, 3.63) is 231 Å². The second-order valence-electron chi connectivity index (χ2n) is 17.6. The summed E-state index contributed by atoms with van der Waals surface area (Å²) in [6, 6.07) is 84.6. The fraction of sp³-hybridized carbons (Fsp3) is 0. The average Bonchev–Trinajstić information content (AvgIpc) is 4.11. The van der Waals surface area contributed by atoms with E-state index in [1.165, 1.54) is 97.7 Å². The molecule has 0 fully saturated rings. The summed E-state index contributed by atoms with van der Waals surface area (Å²) in [5, 5.41) is 15.2. The van der Waals surface area contributed by atoms with Gasteiger partial charge in [0.2, 0.25) is 0 Å². The first kappa shape index (κ1) is 35.6. The van der Waals surface area contributed by atoms with Crippen molar-refractivity contribution >= 4 is 132 Å². The van der Waals surface area contributed by atoms with Gasteiger partial charge in [0, 0.05) is 65.8 Å². The molecule has 0 N–H and O–H groups in total. The van der Waals surface area contributed by atoms with Crippen LogP contribution in [0.1, 0.15) is 0 Å². The van der Waals surface area contributed by atoms with Gasteiger partial charge in [-0.1, -0.05) is 146 Å². The number of anilines is 6. The molecule has 0 saturated carbocycles. The normalized spacial score (nSPS) is 12.2. The Morgan fingerprint density at radius 2 is 0.576 bits per heavy atom. The van der Waals surface area contributed by atoms with E-state index < -0.39 is 0 Å². The van der Waals surface area contributed by atoms with Crippen LogP contribution in [0, 0.1) is 0 Å². The van der Waals surface area contributed by atoms with Gasteiger partial charge in [-0.2, -0.15) is 0 Å². The molecule has 4 heteroatoms. The summed E-state index contributed by atoms with van der Waals surface area (Å²) in [6.45, 7) is 0. The topological polar surface area (TPSA) is 15.3 Å². The molecule has 0 aliphatic heterocycles. The Hall–Kier alpha value is -8.86. The minimum Gasteiger partial charge on any atom is -0.308 e. The molecule has 15 aromatic rings. The van der Waals surface area contributed by atoms with Gasteiger partial charge in [0.1, 0.15) is 0 Å². The van der Waals surface area contributed by atoms with Gasteiger partial charge >= 0.3 is 0 Å². The number of hydrogen-bond donors (Lipinski definition) is 0. The standard InChI is InChI=1S/C62H38N4/c1-5-21-41(22-6-1)63(42-23-7-2-8-24-42)53-33-17-31-47-49-37-39-19-13-15-29-45(39)55-57-51(65(59(47)53)61(49)55)35-36-52-58(57)56-46-30-16-14-20-40(46)38-50-48-32-18-34-54(60(48)66(52)62(50)56)64(43-25-9-3-10-26-43)44-27-11-4-12-28-44/h1-38H. The predicted octanol–water partition coefficient (Wildman–Crippen LogP) is 17.2. The van der Waals surface area contributed by atoms with Crippen LogP contribution >= 0.6 is 0 Å². The Balaban J connectivity index is 1.17. The second kappa shape index (κ2) is 13.3. The first-order valence-corrected chi connectivity index (χ1v) is 22.8. The molecule has 0 aliphatic rings. The van der Waals surface area contributed by atoms with Crippen LogP contribution in [0.4, 0.5) is 34.1 Å². The van der Waals surface area contributed by atoms with Crippen LogP contribution in [-0.2, 0) is 0 Å². The largest absolute Gasteiger partial charge is 0.308 e. The van der Waals surface area contributed by atoms with Crippen LogP contribution < -0.4 is 9.80 Å². The SMILES string of the molecule is c1ccc(N(c2ccccc2)c2cccc3c4cc5ccccc5c5c6c7c8c9ccccc9cc9c%10cccc(N(c%11ccccc%11)c%11ccccc%11)c%10n(c7ccc6n(c23)c45)c98)cc1. The number of para-hydroxylation sites is 6. The van der Waals surface area contributed by atoms with E-state index in [0.29, 0.717) is 0 Å². The van der Waals surface area contributed by atoms with E-state index in [9.17, 15) is 0 Å². The lowest BCUT2D eigenvalue weighted by Crippen LogP contribution is -2.10. The monoisotopic (exact) mass is 838 g/mol. The van der Waals surface area contributed by atoms with E-state index in [2.05, 4.69) is 249 Å². The van der Waals surface area contributed by atoms with Crippen molar-refractivity contribution in [2.75, 3.05) is 9.80 Å². The highest BCUT2D eigenvalue weighted by molar-refractivity contribution is 6.42. The number of rotatable bonds is 6. The molecule has 0 atom stereocenters. The molecule has 0 radical (unpaired) electrons. The van der Waals surface area contributed by atoms with Crippen molar-refractivity contribution in [1.82, 2.24) is 8.80 Å². The average molecular weight is 839 g/mol. The van der Waals surface area contributed by atoms with Gasteiger partial charge in [-0.15, -0.1) is 0 Å². The first-order chi connectivity index (χ1) is 32.8. The highest BCUT2D eigenvalue weighted by atomic mass is 15.2. The van der Waals surface area contributed by atoms with Crippen LogP contribution in [0.25, 0.3) is 97.7 Å². The van der Waals surface area contributed by atoms with Crippen molar-refractivity contribution in [1.29, 1.82) is 0 Å². The summed E-state index contributed by atoms with van der Waals surface area (Å²) in [6.07, 6.45) is 0. The Kier molecular flexibility index (Phi) is 7.19. The molecule has 66 heavy (non-hydrogen) atoms.